The maximum Gasteiger partial charge on any atom is 0.255 e. The molecule has 0 saturated heterocycles. The van der Waals surface area contributed by atoms with Gasteiger partial charge in [-0.15, -0.1) is 0 Å². The topological polar surface area (TPSA) is 42.2 Å². The van der Waals surface area contributed by atoms with Crippen molar-refractivity contribution in [1.82, 2.24) is 5.32 Å². The molecule has 1 amide bonds. The van der Waals surface area contributed by atoms with Gasteiger partial charge >= 0.3 is 0 Å². The first-order chi connectivity index (χ1) is 10.3. The highest BCUT2D eigenvalue weighted by Crippen LogP contribution is 2.24. The number of rotatable bonds is 4. The van der Waals surface area contributed by atoms with E-state index < -0.39 is 0 Å². The van der Waals surface area contributed by atoms with E-state index in [1.54, 1.807) is 0 Å². The summed E-state index contributed by atoms with van der Waals surface area (Å²) >= 11 is 0. The monoisotopic (exact) mass is 279 g/mol. The zero-order valence-electron chi connectivity index (χ0n) is 11.9. The number of furan rings is 1. The molecule has 3 aromatic rings. The second-order valence-electron chi connectivity index (χ2n) is 5.02. The molecular formula is C18H17NO2. The highest BCUT2D eigenvalue weighted by molar-refractivity contribution is 6.07. The van der Waals surface area contributed by atoms with E-state index in [1.807, 2.05) is 49.4 Å². The molecule has 0 unspecified atom stereocenters. The molecule has 0 bridgehead atoms. The summed E-state index contributed by atoms with van der Waals surface area (Å²) in [7, 11) is 0. The molecular weight excluding hydrogens is 262 g/mol. The van der Waals surface area contributed by atoms with E-state index in [4.69, 9.17) is 4.42 Å². The SMILES string of the molecule is Cc1oc2ccccc2c1C(=O)NCCc1ccccc1. The fraction of sp³-hybridized carbons (Fsp3) is 0.167. The molecule has 0 aliphatic heterocycles. The van der Waals surface area contributed by atoms with Crippen LogP contribution >= 0.6 is 0 Å². The summed E-state index contributed by atoms with van der Waals surface area (Å²) in [6.45, 7) is 2.44. The average molecular weight is 279 g/mol. The third-order valence-corrected chi connectivity index (χ3v) is 3.54. The molecule has 3 heteroatoms. The average Bonchev–Trinajstić information content (AvgIpc) is 2.84. The fourth-order valence-electron chi connectivity index (χ4n) is 2.50. The van der Waals surface area contributed by atoms with Crippen molar-refractivity contribution < 1.29 is 9.21 Å². The Labute approximate surface area is 123 Å². The Bertz CT molecular complexity index is 759. The summed E-state index contributed by atoms with van der Waals surface area (Å²) in [6, 6.07) is 17.7. The van der Waals surface area contributed by atoms with Gasteiger partial charge in [0.2, 0.25) is 0 Å². The molecule has 0 fully saturated rings. The Morgan fingerprint density at radius 2 is 1.76 bits per heavy atom. The van der Waals surface area contributed by atoms with Crippen LogP contribution in [-0.2, 0) is 6.42 Å². The van der Waals surface area contributed by atoms with Gasteiger partial charge in [0.05, 0.1) is 5.56 Å². The predicted octanol–water partition coefficient (Wildman–Crippen LogP) is 3.71. The van der Waals surface area contributed by atoms with Gasteiger partial charge in [-0.05, 0) is 25.0 Å². The van der Waals surface area contributed by atoms with Gasteiger partial charge in [0.1, 0.15) is 11.3 Å². The van der Waals surface area contributed by atoms with Gasteiger partial charge in [0.25, 0.3) is 5.91 Å². The van der Waals surface area contributed by atoms with Crippen molar-refractivity contribution >= 4 is 16.9 Å². The molecule has 1 N–H and O–H groups in total. The lowest BCUT2D eigenvalue weighted by atomic mass is 10.1. The maximum absolute atomic E-state index is 12.4. The zero-order valence-corrected chi connectivity index (χ0v) is 11.9. The fourth-order valence-corrected chi connectivity index (χ4v) is 2.50. The van der Waals surface area contributed by atoms with Crippen LogP contribution in [0.15, 0.2) is 59.0 Å². The quantitative estimate of drug-likeness (QED) is 0.791. The number of benzene rings is 2. The Morgan fingerprint density at radius 1 is 1.05 bits per heavy atom. The van der Waals surface area contributed by atoms with Crippen LogP contribution in [0.3, 0.4) is 0 Å². The van der Waals surface area contributed by atoms with Crippen LogP contribution in [0.1, 0.15) is 21.7 Å². The number of carbonyl (C=O) groups is 1. The molecule has 21 heavy (non-hydrogen) atoms. The van der Waals surface area contributed by atoms with Crippen LogP contribution in [0.4, 0.5) is 0 Å². The van der Waals surface area contributed by atoms with Crippen molar-refractivity contribution in [3.63, 3.8) is 0 Å². The van der Waals surface area contributed by atoms with Crippen LogP contribution in [0.5, 0.6) is 0 Å². The molecule has 0 aliphatic rings. The molecule has 3 nitrogen and oxygen atoms in total. The van der Waals surface area contributed by atoms with Crippen molar-refractivity contribution in [2.24, 2.45) is 0 Å². The molecule has 3 rings (SSSR count). The molecule has 2 aromatic carbocycles. The van der Waals surface area contributed by atoms with Crippen molar-refractivity contribution in [2.45, 2.75) is 13.3 Å². The number of amides is 1. The van der Waals surface area contributed by atoms with Crippen molar-refractivity contribution in [1.29, 1.82) is 0 Å². The van der Waals surface area contributed by atoms with Crippen molar-refractivity contribution in [3.05, 3.63) is 71.5 Å². The molecule has 0 radical (unpaired) electrons. The molecule has 0 saturated carbocycles. The molecule has 106 valence electrons. The molecule has 1 aromatic heterocycles. The zero-order chi connectivity index (χ0) is 14.7. The number of nitrogens with one attached hydrogen (secondary N) is 1. The Balaban J connectivity index is 1.71. The largest absolute Gasteiger partial charge is 0.461 e. The molecule has 1 heterocycles. The van der Waals surface area contributed by atoms with Crippen LogP contribution in [0.25, 0.3) is 11.0 Å². The summed E-state index contributed by atoms with van der Waals surface area (Å²) in [5, 5.41) is 3.84. The van der Waals surface area contributed by atoms with Gasteiger partial charge in [0, 0.05) is 11.9 Å². The number of para-hydroxylation sites is 1. The number of fused-ring (bicyclic) bond motifs is 1. The molecule has 0 spiro atoms. The van der Waals surface area contributed by atoms with E-state index in [2.05, 4.69) is 17.4 Å². The second kappa shape index (κ2) is 5.83. The van der Waals surface area contributed by atoms with Gasteiger partial charge in [-0.25, -0.2) is 0 Å². The Hall–Kier alpha value is -2.55. The van der Waals surface area contributed by atoms with Crippen LogP contribution in [0.2, 0.25) is 0 Å². The highest BCUT2D eigenvalue weighted by atomic mass is 16.3. The van der Waals surface area contributed by atoms with Gasteiger partial charge < -0.3 is 9.73 Å². The Morgan fingerprint density at radius 3 is 2.57 bits per heavy atom. The third kappa shape index (κ3) is 2.82. The van der Waals surface area contributed by atoms with Gasteiger partial charge in [-0.2, -0.15) is 0 Å². The highest BCUT2D eigenvalue weighted by Gasteiger charge is 2.17. The minimum Gasteiger partial charge on any atom is -0.461 e. The van der Waals surface area contributed by atoms with Crippen molar-refractivity contribution in [2.75, 3.05) is 6.54 Å². The van der Waals surface area contributed by atoms with E-state index in [-0.39, 0.29) is 5.91 Å². The second-order valence-corrected chi connectivity index (χ2v) is 5.02. The Kier molecular flexibility index (Phi) is 3.73. The maximum atomic E-state index is 12.4. The lowest BCUT2D eigenvalue weighted by molar-refractivity contribution is 0.0954. The van der Waals surface area contributed by atoms with Crippen LogP contribution < -0.4 is 5.32 Å². The van der Waals surface area contributed by atoms with E-state index in [1.165, 1.54) is 5.56 Å². The summed E-state index contributed by atoms with van der Waals surface area (Å²) in [4.78, 5) is 12.4. The lowest BCUT2D eigenvalue weighted by Crippen LogP contribution is -2.26. The summed E-state index contributed by atoms with van der Waals surface area (Å²) in [5.41, 5.74) is 2.61. The first kappa shape index (κ1) is 13.4. The minimum absolute atomic E-state index is 0.0756. The number of hydrogen-bond donors (Lipinski definition) is 1. The lowest BCUT2D eigenvalue weighted by Gasteiger charge is -2.05. The molecule has 0 atom stereocenters. The van der Waals surface area contributed by atoms with Gasteiger partial charge in [0.15, 0.2) is 0 Å². The van der Waals surface area contributed by atoms with Crippen LogP contribution in [-0.4, -0.2) is 12.5 Å². The number of carbonyl (C=O) groups excluding carboxylic acids is 1. The summed E-state index contributed by atoms with van der Waals surface area (Å²) in [5.74, 6) is 0.585. The van der Waals surface area contributed by atoms with Gasteiger partial charge in [-0.3, -0.25) is 4.79 Å². The van der Waals surface area contributed by atoms with Crippen LogP contribution in [0, 0.1) is 6.92 Å². The predicted molar refractivity (Wildman–Crippen MR) is 83.4 cm³/mol. The normalized spacial score (nSPS) is 10.7. The third-order valence-electron chi connectivity index (χ3n) is 3.54. The standard InChI is InChI=1S/C18H17NO2/c1-13-17(15-9-5-6-10-16(15)21-13)18(20)19-12-11-14-7-3-2-4-8-14/h2-10H,11-12H2,1H3,(H,19,20). The molecule has 0 aliphatic carbocycles. The van der Waals surface area contributed by atoms with Gasteiger partial charge in [-0.1, -0.05) is 48.5 Å². The van der Waals surface area contributed by atoms with E-state index in [0.717, 1.165) is 17.4 Å². The first-order valence-corrected chi connectivity index (χ1v) is 7.06. The van der Waals surface area contributed by atoms with E-state index in [9.17, 15) is 4.79 Å². The number of hydrogen-bond acceptors (Lipinski definition) is 2. The summed E-state index contributed by atoms with van der Waals surface area (Å²) in [6.07, 6.45) is 0.821. The summed E-state index contributed by atoms with van der Waals surface area (Å²) < 4.78 is 5.62. The minimum atomic E-state index is -0.0756. The van der Waals surface area contributed by atoms with E-state index >= 15 is 0 Å². The van der Waals surface area contributed by atoms with E-state index in [0.29, 0.717) is 17.9 Å². The first-order valence-electron chi connectivity index (χ1n) is 7.06. The number of aryl methyl sites for hydroxylation is 1. The van der Waals surface area contributed by atoms with Crippen molar-refractivity contribution in [3.8, 4) is 0 Å². The smallest absolute Gasteiger partial charge is 0.255 e.